The molecule has 0 radical (unpaired) electrons. The minimum atomic E-state index is -0.474. The van der Waals surface area contributed by atoms with Crippen LogP contribution in [0, 0.1) is 0 Å². The summed E-state index contributed by atoms with van der Waals surface area (Å²) in [4.78, 5) is 0. The van der Waals surface area contributed by atoms with Gasteiger partial charge < -0.3 is 23.7 Å². The summed E-state index contributed by atoms with van der Waals surface area (Å²) < 4.78 is 30.2. The van der Waals surface area contributed by atoms with Crippen molar-refractivity contribution in [3.05, 3.63) is 25.3 Å². The molecule has 0 aliphatic rings. The van der Waals surface area contributed by atoms with Crippen LogP contribution in [-0.4, -0.2) is 61.5 Å². The average Bonchev–Trinajstić information content (AvgIpc) is 2.60. The molecular formula is C25H48O5. The lowest BCUT2D eigenvalue weighted by atomic mass is 10.0. The Kier molecular flexibility index (Phi) is 13.3. The number of rotatable bonds is 18. The smallest absolute Gasteiger partial charge is 0.105 e. The van der Waals surface area contributed by atoms with Gasteiger partial charge in [0.1, 0.15) is 6.10 Å². The monoisotopic (exact) mass is 428 g/mol. The third-order valence-electron chi connectivity index (χ3n) is 4.46. The largest absolute Gasteiger partial charge is 0.376 e. The Balaban J connectivity index is 4.74. The quantitative estimate of drug-likeness (QED) is 0.261. The normalized spacial score (nSPS) is 15.3. The Morgan fingerprint density at radius 1 is 0.700 bits per heavy atom. The van der Waals surface area contributed by atoms with Gasteiger partial charge in [-0.3, -0.25) is 0 Å². The van der Waals surface area contributed by atoms with Crippen LogP contribution in [0.3, 0.4) is 0 Å². The van der Waals surface area contributed by atoms with E-state index < -0.39 is 5.60 Å². The summed E-state index contributed by atoms with van der Waals surface area (Å²) in [5.74, 6) is 0. The van der Waals surface area contributed by atoms with Crippen molar-refractivity contribution in [3.63, 3.8) is 0 Å². The molecule has 0 rings (SSSR count). The summed E-state index contributed by atoms with van der Waals surface area (Å²) in [6.07, 6.45) is 5.21. The highest BCUT2D eigenvalue weighted by Crippen LogP contribution is 2.21. The highest BCUT2D eigenvalue weighted by molar-refractivity contribution is 4.83. The van der Waals surface area contributed by atoms with E-state index in [0.717, 1.165) is 12.8 Å². The van der Waals surface area contributed by atoms with Gasteiger partial charge in [-0.2, -0.15) is 0 Å². The zero-order chi connectivity index (χ0) is 23.4. The Labute approximate surface area is 186 Å². The predicted octanol–water partition coefficient (Wildman–Crippen LogP) is 5.72. The molecule has 178 valence electrons. The molecule has 0 saturated carbocycles. The first-order chi connectivity index (χ1) is 13.7. The van der Waals surface area contributed by atoms with Crippen molar-refractivity contribution >= 4 is 0 Å². The first kappa shape index (κ1) is 29.3. The molecule has 2 unspecified atom stereocenters. The average molecular weight is 429 g/mol. The van der Waals surface area contributed by atoms with Crippen molar-refractivity contribution < 1.29 is 23.7 Å². The molecule has 0 aliphatic carbocycles. The Morgan fingerprint density at radius 3 is 1.70 bits per heavy atom. The zero-order valence-electron chi connectivity index (χ0n) is 21.1. The Hall–Kier alpha value is -0.720. The minimum Gasteiger partial charge on any atom is -0.376 e. The molecule has 2 atom stereocenters. The lowest BCUT2D eigenvalue weighted by Crippen LogP contribution is -2.42. The number of hydrogen-bond acceptors (Lipinski definition) is 5. The second-order valence-corrected chi connectivity index (χ2v) is 10.1. The molecule has 5 nitrogen and oxygen atoms in total. The SMILES string of the molecule is C=CCC(C)(C)OCC(C)OCC(COC(C)C)OC(C)(C)COC(C)(C)CC=C. The molecule has 0 bridgehead atoms. The molecule has 5 heteroatoms. The van der Waals surface area contributed by atoms with Crippen LogP contribution in [-0.2, 0) is 23.7 Å². The maximum Gasteiger partial charge on any atom is 0.105 e. The third-order valence-corrected chi connectivity index (χ3v) is 4.46. The summed E-state index contributed by atoms with van der Waals surface area (Å²) in [7, 11) is 0. The summed E-state index contributed by atoms with van der Waals surface area (Å²) >= 11 is 0. The molecule has 0 heterocycles. The van der Waals surface area contributed by atoms with E-state index in [1.165, 1.54) is 0 Å². The van der Waals surface area contributed by atoms with Gasteiger partial charge in [0, 0.05) is 0 Å². The van der Waals surface area contributed by atoms with Crippen LogP contribution in [0.5, 0.6) is 0 Å². The molecule has 0 aromatic rings. The van der Waals surface area contributed by atoms with Crippen molar-refractivity contribution in [2.24, 2.45) is 0 Å². The fourth-order valence-electron chi connectivity index (χ4n) is 2.75. The van der Waals surface area contributed by atoms with E-state index in [-0.39, 0.29) is 29.5 Å². The van der Waals surface area contributed by atoms with E-state index in [1.807, 2.05) is 46.8 Å². The van der Waals surface area contributed by atoms with Gasteiger partial charge in [0.15, 0.2) is 0 Å². The lowest BCUT2D eigenvalue weighted by molar-refractivity contribution is -0.179. The van der Waals surface area contributed by atoms with Crippen molar-refractivity contribution in [1.29, 1.82) is 0 Å². The fraction of sp³-hybridized carbons (Fsp3) is 0.840. The van der Waals surface area contributed by atoms with Gasteiger partial charge >= 0.3 is 0 Å². The van der Waals surface area contributed by atoms with Gasteiger partial charge in [-0.15, -0.1) is 13.2 Å². The van der Waals surface area contributed by atoms with E-state index >= 15 is 0 Å². The Bertz CT molecular complexity index is 482. The van der Waals surface area contributed by atoms with Crippen LogP contribution in [0.1, 0.15) is 75.2 Å². The first-order valence-electron chi connectivity index (χ1n) is 11.1. The number of ether oxygens (including phenoxy) is 5. The second kappa shape index (κ2) is 13.6. The van der Waals surface area contributed by atoms with E-state index in [2.05, 4.69) is 40.9 Å². The molecule has 0 amide bonds. The van der Waals surface area contributed by atoms with Crippen LogP contribution in [0.25, 0.3) is 0 Å². The molecule has 0 saturated heterocycles. The summed E-state index contributed by atoms with van der Waals surface area (Å²) in [6, 6.07) is 0. The highest BCUT2D eigenvalue weighted by atomic mass is 16.6. The molecule has 0 N–H and O–H groups in total. The molecule has 0 aromatic carbocycles. The maximum atomic E-state index is 6.34. The summed E-state index contributed by atoms with van der Waals surface area (Å²) in [6.45, 7) is 27.8. The molecular weight excluding hydrogens is 380 g/mol. The van der Waals surface area contributed by atoms with Gasteiger partial charge in [0.2, 0.25) is 0 Å². The molecule has 30 heavy (non-hydrogen) atoms. The summed E-state index contributed by atoms with van der Waals surface area (Å²) in [5, 5.41) is 0. The maximum absolute atomic E-state index is 6.34. The topological polar surface area (TPSA) is 46.2 Å². The van der Waals surface area contributed by atoms with Crippen LogP contribution in [0.15, 0.2) is 25.3 Å². The summed E-state index contributed by atoms with van der Waals surface area (Å²) in [5.41, 5.74) is -0.987. The standard InChI is InChI=1S/C25H48O5/c1-12-14-23(6,7)28-16-21(5)27-18-22(17-26-20(3)4)30-25(10,11)19-29-24(8,9)15-13-2/h12-13,20-22H,1-2,14-19H2,3-11H3. The van der Waals surface area contributed by atoms with Crippen LogP contribution >= 0.6 is 0 Å². The lowest BCUT2D eigenvalue weighted by Gasteiger charge is -2.35. The molecule has 0 fully saturated rings. The second-order valence-electron chi connectivity index (χ2n) is 10.1. The van der Waals surface area contributed by atoms with Gasteiger partial charge in [-0.05, 0) is 75.2 Å². The zero-order valence-corrected chi connectivity index (χ0v) is 21.1. The van der Waals surface area contributed by atoms with E-state index in [1.54, 1.807) is 0 Å². The van der Waals surface area contributed by atoms with E-state index in [9.17, 15) is 0 Å². The van der Waals surface area contributed by atoms with Gasteiger partial charge in [-0.25, -0.2) is 0 Å². The first-order valence-corrected chi connectivity index (χ1v) is 11.1. The predicted molar refractivity (Wildman–Crippen MR) is 125 cm³/mol. The van der Waals surface area contributed by atoms with Gasteiger partial charge in [0.25, 0.3) is 0 Å². The van der Waals surface area contributed by atoms with Crippen LogP contribution < -0.4 is 0 Å². The van der Waals surface area contributed by atoms with Crippen molar-refractivity contribution in [2.45, 2.75) is 110 Å². The van der Waals surface area contributed by atoms with E-state index in [0.29, 0.717) is 26.4 Å². The third kappa shape index (κ3) is 15.1. The molecule has 0 aliphatic heterocycles. The number of hydrogen-bond donors (Lipinski definition) is 0. The van der Waals surface area contributed by atoms with Gasteiger partial charge in [-0.1, -0.05) is 12.2 Å². The highest BCUT2D eigenvalue weighted by Gasteiger charge is 2.29. The van der Waals surface area contributed by atoms with E-state index in [4.69, 9.17) is 23.7 Å². The molecule has 0 spiro atoms. The van der Waals surface area contributed by atoms with Crippen LogP contribution in [0.4, 0.5) is 0 Å². The Morgan fingerprint density at radius 2 is 1.20 bits per heavy atom. The van der Waals surface area contributed by atoms with Crippen molar-refractivity contribution in [1.82, 2.24) is 0 Å². The van der Waals surface area contributed by atoms with Crippen molar-refractivity contribution in [3.8, 4) is 0 Å². The van der Waals surface area contributed by atoms with Crippen LogP contribution in [0.2, 0.25) is 0 Å². The van der Waals surface area contributed by atoms with Gasteiger partial charge in [0.05, 0.1) is 55.4 Å². The fourth-order valence-corrected chi connectivity index (χ4v) is 2.75. The minimum absolute atomic E-state index is 0.0508. The molecule has 0 aromatic heterocycles. The van der Waals surface area contributed by atoms with Crippen molar-refractivity contribution in [2.75, 3.05) is 26.4 Å².